The zero-order valence-electron chi connectivity index (χ0n) is 18.7. The highest BCUT2D eigenvalue weighted by Crippen LogP contribution is 2.35. The number of imide groups is 1. The number of piperidine rings is 1. The summed E-state index contributed by atoms with van der Waals surface area (Å²) in [6, 6.07) is 9.99. The monoisotopic (exact) mass is 475 g/mol. The molecule has 4 amide bonds. The molecule has 0 spiro atoms. The van der Waals surface area contributed by atoms with Crippen molar-refractivity contribution in [2.45, 2.75) is 39.3 Å². The summed E-state index contributed by atoms with van der Waals surface area (Å²) < 4.78 is 38.6. The van der Waals surface area contributed by atoms with E-state index in [2.05, 4.69) is 10.6 Å². The number of hydrogen-bond donors (Lipinski definition) is 2. The maximum absolute atomic E-state index is 12.9. The fraction of sp³-hybridized carbons (Fsp3) is 0.333. The third kappa shape index (κ3) is 6.00. The van der Waals surface area contributed by atoms with E-state index in [9.17, 15) is 32.3 Å². The van der Waals surface area contributed by atoms with E-state index in [0.29, 0.717) is 6.42 Å². The van der Waals surface area contributed by atoms with Crippen LogP contribution in [0.1, 0.15) is 49.0 Å². The summed E-state index contributed by atoms with van der Waals surface area (Å²) in [6.45, 7) is 3.31. The molecule has 34 heavy (non-hydrogen) atoms. The van der Waals surface area contributed by atoms with Crippen molar-refractivity contribution in [1.29, 1.82) is 0 Å². The van der Waals surface area contributed by atoms with Crippen LogP contribution in [0.25, 0.3) is 0 Å². The van der Waals surface area contributed by atoms with E-state index in [-0.39, 0.29) is 29.8 Å². The first-order chi connectivity index (χ1) is 15.9. The maximum Gasteiger partial charge on any atom is 0.416 e. The summed E-state index contributed by atoms with van der Waals surface area (Å²) in [6.07, 6.45) is -3.53. The third-order valence-electron chi connectivity index (χ3n) is 5.77. The number of halogens is 3. The predicted octanol–water partition coefficient (Wildman–Crippen LogP) is 4.46. The average Bonchev–Trinajstić information content (AvgIpc) is 2.76. The molecular formula is C24H24F3N3O4. The summed E-state index contributed by atoms with van der Waals surface area (Å²) >= 11 is 0. The lowest BCUT2D eigenvalue weighted by molar-refractivity contribution is -0.154. The number of nitrogens with zero attached hydrogens (tertiary/aromatic N) is 1. The van der Waals surface area contributed by atoms with Gasteiger partial charge in [-0.25, -0.2) is 0 Å². The van der Waals surface area contributed by atoms with Crippen molar-refractivity contribution in [3.8, 4) is 0 Å². The van der Waals surface area contributed by atoms with Crippen LogP contribution in [0.15, 0.2) is 48.5 Å². The summed E-state index contributed by atoms with van der Waals surface area (Å²) in [5.41, 5.74) is -1.01. The van der Waals surface area contributed by atoms with Gasteiger partial charge in [0.05, 0.1) is 5.56 Å². The Morgan fingerprint density at radius 3 is 2.15 bits per heavy atom. The fourth-order valence-electron chi connectivity index (χ4n) is 3.61. The third-order valence-corrected chi connectivity index (χ3v) is 5.77. The number of carbonyl (C=O) groups excluding carboxylic acids is 4. The summed E-state index contributed by atoms with van der Waals surface area (Å²) in [7, 11) is 0. The van der Waals surface area contributed by atoms with Gasteiger partial charge in [-0.1, -0.05) is 26.0 Å². The lowest BCUT2D eigenvalue weighted by atomic mass is 9.77. The molecule has 3 rings (SSSR count). The number of nitrogens with one attached hydrogen (secondary N) is 2. The first-order valence-electron chi connectivity index (χ1n) is 10.6. The van der Waals surface area contributed by atoms with Crippen LogP contribution >= 0.6 is 0 Å². The van der Waals surface area contributed by atoms with Crippen LogP contribution in [-0.4, -0.2) is 35.1 Å². The number of likely N-dealkylation sites (tertiary alicyclic amines) is 1. The summed E-state index contributed by atoms with van der Waals surface area (Å²) in [5.74, 6) is -2.11. The summed E-state index contributed by atoms with van der Waals surface area (Å²) in [5, 5.41) is 4.93. The Bertz CT molecular complexity index is 1110. The van der Waals surface area contributed by atoms with Crippen LogP contribution < -0.4 is 10.6 Å². The molecule has 1 aliphatic rings. The number of benzene rings is 2. The number of amides is 4. The molecule has 2 N–H and O–H groups in total. The highest BCUT2D eigenvalue weighted by Gasteiger charge is 2.40. The van der Waals surface area contributed by atoms with Crippen LogP contribution in [0, 0.1) is 5.41 Å². The Labute approximate surface area is 194 Å². The van der Waals surface area contributed by atoms with E-state index >= 15 is 0 Å². The molecule has 1 heterocycles. The molecule has 2 aromatic carbocycles. The van der Waals surface area contributed by atoms with Crippen molar-refractivity contribution in [2.24, 2.45) is 5.41 Å². The zero-order valence-corrected chi connectivity index (χ0v) is 18.7. The molecule has 180 valence electrons. The van der Waals surface area contributed by atoms with Gasteiger partial charge in [0.2, 0.25) is 17.7 Å². The molecule has 0 aromatic heterocycles. The van der Waals surface area contributed by atoms with Gasteiger partial charge >= 0.3 is 6.18 Å². The van der Waals surface area contributed by atoms with E-state index in [1.165, 1.54) is 36.4 Å². The number of carbonyl (C=O) groups is 4. The molecule has 0 aliphatic carbocycles. The second kappa shape index (κ2) is 9.66. The van der Waals surface area contributed by atoms with E-state index in [1.54, 1.807) is 0 Å². The highest BCUT2D eigenvalue weighted by atomic mass is 19.4. The molecule has 0 radical (unpaired) electrons. The normalized spacial score (nSPS) is 15.7. The smallest absolute Gasteiger partial charge is 0.325 e. The van der Waals surface area contributed by atoms with E-state index in [4.69, 9.17) is 0 Å². The molecule has 1 saturated heterocycles. The van der Waals surface area contributed by atoms with Crippen LogP contribution in [0.3, 0.4) is 0 Å². The van der Waals surface area contributed by atoms with Crippen molar-refractivity contribution >= 4 is 35.0 Å². The number of rotatable bonds is 6. The SMILES string of the molecule is CCC1(C)CC(=O)N(CC(=O)Nc2cccc(C(=O)Nc3cccc(C(F)(F)F)c3)c2)C(=O)C1. The molecule has 2 aromatic rings. The fourth-order valence-corrected chi connectivity index (χ4v) is 3.61. The van der Waals surface area contributed by atoms with Gasteiger partial charge in [0.15, 0.2) is 0 Å². The zero-order chi connectivity index (χ0) is 25.1. The van der Waals surface area contributed by atoms with Crippen LogP contribution in [0.2, 0.25) is 0 Å². The molecule has 0 saturated carbocycles. The van der Waals surface area contributed by atoms with Gasteiger partial charge in [0.25, 0.3) is 5.91 Å². The van der Waals surface area contributed by atoms with Crippen molar-refractivity contribution < 1.29 is 32.3 Å². The standard InChI is InChI=1S/C24H24F3N3O4/c1-3-23(2)12-20(32)30(21(33)13-23)14-19(31)28-17-8-4-6-15(10-17)22(34)29-18-9-5-7-16(11-18)24(25,26)27/h4-11H,3,12-14H2,1-2H3,(H,28,31)(H,29,34). The van der Waals surface area contributed by atoms with Crippen LogP contribution in [-0.2, 0) is 20.6 Å². The van der Waals surface area contributed by atoms with Gasteiger partial charge in [0.1, 0.15) is 6.54 Å². The second-order valence-corrected chi connectivity index (χ2v) is 8.55. The van der Waals surface area contributed by atoms with Crippen molar-refractivity contribution in [1.82, 2.24) is 4.90 Å². The largest absolute Gasteiger partial charge is 0.416 e. The number of anilines is 2. The minimum Gasteiger partial charge on any atom is -0.325 e. The predicted molar refractivity (Wildman–Crippen MR) is 119 cm³/mol. The van der Waals surface area contributed by atoms with Gasteiger partial charge in [-0.05, 0) is 48.2 Å². The summed E-state index contributed by atoms with van der Waals surface area (Å²) in [4.78, 5) is 50.6. The van der Waals surface area contributed by atoms with Gasteiger partial charge in [0, 0.05) is 29.8 Å². The van der Waals surface area contributed by atoms with E-state index in [0.717, 1.165) is 17.0 Å². The van der Waals surface area contributed by atoms with Crippen molar-refractivity contribution in [3.05, 3.63) is 59.7 Å². The highest BCUT2D eigenvalue weighted by molar-refractivity contribution is 6.06. The Morgan fingerprint density at radius 2 is 1.56 bits per heavy atom. The first-order valence-corrected chi connectivity index (χ1v) is 10.6. The number of alkyl halides is 3. The molecule has 0 bridgehead atoms. The van der Waals surface area contributed by atoms with E-state index in [1.807, 2.05) is 13.8 Å². The maximum atomic E-state index is 12.9. The minimum absolute atomic E-state index is 0.0320. The van der Waals surface area contributed by atoms with Gasteiger partial charge in [-0.15, -0.1) is 0 Å². The van der Waals surface area contributed by atoms with Gasteiger partial charge in [-0.3, -0.25) is 24.1 Å². The van der Waals surface area contributed by atoms with Crippen LogP contribution in [0.4, 0.5) is 24.5 Å². The van der Waals surface area contributed by atoms with E-state index < -0.39 is 47.3 Å². The average molecular weight is 475 g/mol. The van der Waals surface area contributed by atoms with Gasteiger partial charge < -0.3 is 10.6 Å². The molecule has 0 unspecified atom stereocenters. The molecule has 1 aliphatic heterocycles. The lowest BCUT2D eigenvalue weighted by Gasteiger charge is -2.36. The van der Waals surface area contributed by atoms with Crippen molar-refractivity contribution in [2.75, 3.05) is 17.2 Å². The molecule has 0 atom stereocenters. The molecular weight excluding hydrogens is 451 g/mol. The van der Waals surface area contributed by atoms with Crippen LogP contribution in [0.5, 0.6) is 0 Å². The Morgan fingerprint density at radius 1 is 0.971 bits per heavy atom. The van der Waals surface area contributed by atoms with Crippen molar-refractivity contribution in [3.63, 3.8) is 0 Å². The molecule has 1 fully saturated rings. The molecule has 10 heteroatoms. The van der Waals surface area contributed by atoms with Gasteiger partial charge in [-0.2, -0.15) is 13.2 Å². The Balaban J connectivity index is 1.64. The Hall–Kier alpha value is -3.69. The Kier molecular flexibility index (Phi) is 7.09. The topological polar surface area (TPSA) is 95.6 Å². The quantitative estimate of drug-likeness (QED) is 0.603. The minimum atomic E-state index is -4.54. The number of hydrogen-bond acceptors (Lipinski definition) is 4. The second-order valence-electron chi connectivity index (χ2n) is 8.55. The first kappa shape index (κ1) is 24.9. The lowest BCUT2D eigenvalue weighted by Crippen LogP contribution is -2.49. The molecule has 7 nitrogen and oxygen atoms in total.